The summed E-state index contributed by atoms with van der Waals surface area (Å²) < 4.78 is 61.3. The minimum absolute atomic E-state index is 0.0224. The number of sulfonamides is 1. The molecule has 0 aromatic heterocycles. The summed E-state index contributed by atoms with van der Waals surface area (Å²) in [5.41, 5.74) is 1.33. The Morgan fingerprint density at radius 2 is 1.48 bits per heavy atom. The quantitative estimate of drug-likeness (QED) is 0.451. The Morgan fingerprint density at radius 1 is 0.879 bits per heavy atom. The van der Waals surface area contributed by atoms with Gasteiger partial charge in [-0.2, -0.15) is 4.72 Å². The van der Waals surface area contributed by atoms with Crippen LogP contribution in [-0.2, 0) is 19.9 Å². The van der Waals surface area contributed by atoms with Crippen LogP contribution in [0, 0.1) is 6.92 Å². The highest BCUT2D eigenvalue weighted by molar-refractivity contribution is 7.95. The lowest BCUT2D eigenvalue weighted by molar-refractivity contribution is 0.414. The molecule has 0 amide bonds. The predicted molar refractivity (Wildman–Crippen MR) is 129 cm³/mol. The minimum Gasteiger partial charge on any atom is -0.497 e. The molecule has 0 aliphatic carbocycles. The van der Waals surface area contributed by atoms with Crippen molar-refractivity contribution in [2.24, 2.45) is 0 Å². The number of ether oxygens (including phenoxy) is 1. The van der Waals surface area contributed by atoms with Gasteiger partial charge in [0.2, 0.25) is 19.9 Å². The Bertz CT molecular complexity index is 1340. The van der Waals surface area contributed by atoms with E-state index in [1.54, 1.807) is 54.6 Å². The van der Waals surface area contributed by atoms with Gasteiger partial charge in [0, 0.05) is 0 Å². The molecule has 0 bridgehead atoms. The van der Waals surface area contributed by atoms with Gasteiger partial charge in [-0.05, 0) is 55.0 Å². The minimum atomic E-state index is -4.07. The van der Waals surface area contributed by atoms with Crippen molar-refractivity contribution in [1.82, 2.24) is 4.72 Å². The maximum Gasteiger partial charge on any atom is 0.241 e. The third-order valence-electron chi connectivity index (χ3n) is 4.98. The average molecular weight is 484 g/mol. The molecule has 0 spiro atoms. The molecule has 8 heteroatoms. The molecule has 1 unspecified atom stereocenters. The van der Waals surface area contributed by atoms with Crippen molar-refractivity contribution >= 4 is 19.9 Å². The molecule has 1 N–H and O–H groups in total. The molecule has 0 aliphatic rings. The van der Waals surface area contributed by atoms with Gasteiger partial charge in [-0.3, -0.25) is 0 Å². The third kappa shape index (κ3) is 5.60. The van der Waals surface area contributed by atoms with Crippen molar-refractivity contribution in [1.29, 1.82) is 0 Å². The van der Waals surface area contributed by atoms with Gasteiger partial charge >= 0.3 is 0 Å². The second-order valence-electron chi connectivity index (χ2n) is 7.26. The van der Waals surface area contributed by atoms with E-state index in [-0.39, 0.29) is 14.7 Å². The zero-order valence-corrected chi connectivity index (χ0v) is 19.9. The Balaban J connectivity index is 2.17. The number of rotatable bonds is 9. The van der Waals surface area contributed by atoms with E-state index in [4.69, 9.17) is 4.74 Å². The molecule has 3 aromatic rings. The van der Waals surface area contributed by atoms with Crippen molar-refractivity contribution in [2.45, 2.75) is 22.8 Å². The third-order valence-corrected chi connectivity index (χ3v) is 8.31. The summed E-state index contributed by atoms with van der Waals surface area (Å²) in [5, 5.41) is 0. The first-order chi connectivity index (χ1) is 15.7. The molecule has 33 heavy (non-hydrogen) atoms. The van der Waals surface area contributed by atoms with Crippen molar-refractivity contribution in [3.63, 3.8) is 0 Å². The molecule has 0 heterocycles. The summed E-state index contributed by atoms with van der Waals surface area (Å²) in [7, 11) is -6.61. The zero-order valence-electron chi connectivity index (χ0n) is 18.3. The van der Waals surface area contributed by atoms with Gasteiger partial charge in [-0.25, -0.2) is 16.8 Å². The van der Waals surface area contributed by atoms with E-state index in [0.29, 0.717) is 11.3 Å². The van der Waals surface area contributed by atoms with E-state index in [2.05, 4.69) is 11.3 Å². The van der Waals surface area contributed by atoms with E-state index < -0.39 is 25.9 Å². The Hall–Kier alpha value is -3.20. The van der Waals surface area contributed by atoms with Crippen LogP contribution in [0.4, 0.5) is 0 Å². The van der Waals surface area contributed by atoms with Gasteiger partial charge in [0.05, 0.1) is 27.8 Å². The molecule has 6 nitrogen and oxygen atoms in total. The van der Waals surface area contributed by atoms with Crippen LogP contribution >= 0.6 is 0 Å². The summed E-state index contributed by atoms with van der Waals surface area (Å²) in [5.74, 6) is 0.555. The van der Waals surface area contributed by atoms with Crippen LogP contribution in [-0.4, -0.2) is 23.9 Å². The van der Waals surface area contributed by atoms with E-state index in [1.807, 2.05) is 6.92 Å². The second kappa shape index (κ2) is 10.2. The van der Waals surface area contributed by atoms with Crippen LogP contribution in [0.3, 0.4) is 0 Å². The number of hydrogen-bond acceptors (Lipinski definition) is 5. The first-order valence-corrected chi connectivity index (χ1v) is 13.0. The number of nitrogens with one attached hydrogen (secondary N) is 1. The van der Waals surface area contributed by atoms with Gasteiger partial charge < -0.3 is 4.74 Å². The van der Waals surface area contributed by atoms with Crippen LogP contribution in [0.1, 0.15) is 17.2 Å². The van der Waals surface area contributed by atoms with Crippen molar-refractivity contribution < 1.29 is 21.6 Å². The van der Waals surface area contributed by atoms with Gasteiger partial charge in [0.1, 0.15) is 5.75 Å². The lowest BCUT2D eigenvalue weighted by Crippen LogP contribution is -2.32. The monoisotopic (exact) mass is 483 g/mol. The first-order valence-electron chi connectivity index (χ1n) is 10.0. The number of methoxy groups -OCH3 is 1. The van der Waals surface area contributed by atoms with Crippen molar-refractivity contribution in [3.8, 4) is 5.75 Å². The SMILES string of the molecule is C=C/C=C(/C(NS(=O)(=O)c1ccccc1)c1ccc(OC)cc1)S(=O)(=O)c1ccc(C)cc1. The topological polar surface area (TPSA) is 89.5 Å². The molecule has 0 radical (unpaired) electrons. The van der Waals surface area contributed by atoms with Crippen LogP contribution in [0.15, 0.2) is 112 Å². The normalized spacial score (nSPS) is 13.3. The largest absolute Gasteiger partial charge is 0.497 e. The maximum atomic E-state index is 13.6. The molecule has 3 aromatic carbocycles. The molecule has 3 rings (SSSR count). The van der Waals surface area contributed by atoms with Gasteiger partial charge in [-0.1, -0.05) is 60.7 Å². The highest BCUT2D eigenvalue weighted by Gasteiger charge is 2.32. The summed E-state index contributed by atoms with van der Waals surface area (Å²) in [6, 6.07) is 19.5. The fourth-order valence-electron chi connectivity index (χ4n) is 3.22. The molecule has 0 fully saturated rings. The summed E-state index contributed by atoms with van der Waals surface area (Å²) in [4.78, 5) is -0.0705. The van der Waals surface area contributed by atoms with E-state index in [1.165, 1.54) is 43.5 Å². The number of benzene rings is 3. The number of sulfone groups is 1. The summed E-state index contributed by atoms with van der Waals surface area (Å²) >= 11 is 0. The number of hydrogen-bond donors (Lipinski definition) is 1. The lowest BCUT2D eigenvalue weighted by atomic mass is 10.1. The van der Waals surface area contributed by atoms with Crippen LogP contribution in [0.25, 0.3) is 0 Å². The highest BCUT2D eigenvalue weighted by Crippen LogP contribution is 2.33. The second-order valence-corrected chi connectivity index (χ2v) is 10.9. The van der Waals surface area contributed by atoms with Gasteiger partial charge in [0.15, 0.2) is 0 Å². The average Bonchev–Trinajstić information content (AvgIpc) is 2.82. The first kappa shape index (κ1) is 24.4. The molecule has 0 aliphatic heterocycles. The Kier molecular flexibility index (Phi) is 7.53. The molecule has 172 valence electrons. The van der Waals surface area contributed by atoms with Gasteiger partial charge in [0.25, 0.3) is 0 Å². The number of allylic oxidation sites excluding steroid dienone is 2. The fourth-order valence-corrected chi connectivity index (χ4v) is 6.07. The smallest absolute Gasteiger partial charge is 0.241 e. The van der Waals surface area contributed by atoms with E-state index in [0.717, 1.165) is 5.56 Å². The highest BCUT2D eigenvalue weighted by atomic mass is 32.2. The predicted octanol–water partition coefficient (Wildman–Crippen LogP) is 4.57. The fraction of sp³-hybridized carbons (Fsp3) is 0.120. The lowest BCUT2D eigenvalue weighted by Gasteiger charge is -2.23. The Labute approximate surface area is 195 Å². The molecule has 1 atom stereocenters. The van der Waals surface area contributed by atoms with E-state index >= 15 is 0 Å². The van der Waals surface area contributed by atoms with Gasteiger partial charge in [-0.15, -0.1) is 0 Å². The van der Waals surface area contributed by atoms with Crippen LogP contribution < -0.4 is 9.46 Å². The van der Waals surface area contributed by atoms with Crippen LogP contribution in [0.5, 0.6) is 5.75 Å². The molecule has 0 saturated heterocycles. The maximum absolute atomic E-state index is 13.6. The number of aryl methyl sites for hydroxylation is 1. The van der Waals surface area contributed by atoms with Crippen molar-refractivity contribution in [2.75, 3.05) is 7.11 Å². The summed E-state index contributed by atoms with van der Waals surface area (Å²) in [6.45, 7) is 5.49. The molecular weight excluding hydrogens is 458 g/mol. The molecular formula is C25H25NO5S2. The van der Waals surface area contributed by atoms with Crippen molar-refractivity contribution in [3.05, 3.63) is 114 Å². The zero-order chi connectivity index (χ0) is 24.1. The van der Waals surface area contributed by atoms with Crippen LogP contribution in [0.2, 0.25) is 0 Å². The summed E-state index contributed by atoms with van der Waals surface area (Å²) in [6.07, 6.45) is 2.64. The van der Waals surface area contributed by atoms with E-state index in [9.17, 15) is 16.8 Å². The standard InChI is InChI=1S/C25H25NO5S2/c1-4-8-24(32(27,28)22-17-11-19(2)12-18-22)25(20-13-15-21(31-3)16-14-20)26-33(29,30)23-9-6-5-7-10-23/h4-18,25-26H,1H2,2-3H3/b24-8-. The molecule has 0 saturated carbocycles. The Morgan fingerprint density at radius 3 is 2.03 bits per heavy atom.